The van der Waals surface area contributed by atoms with E-state index in [4.69, 9.17) is 5.73 Å². The fraction of sp³-hybridized carbons (Fsp3) is 0.889. The lowest BCUT2D eigenvalue weighted by Gasteiger charge is -2.42. The molecule has 0 bridgehead atoms. The van der Waals surface area contributed by atoms with E-state index >= 15 is 0 Å². The molecular formula is C9H17N3O. The highest BCUT2D eigenvalue weighted by Crippen LogP contribution is 2.19. The minimum Gasteiger partial charge on any atom is -0.368 e. The standard InChI is InChI=1S/C9H17N3O/c10-9(13)8-6-12-4-2-1-3-7(12)5-11-8/h7-8,11H,1-6H2,(H2,10,13). The third kappa shape index (κ3) is 1.84. The first-order valence-electron chi connectivity index (χ1n) is 5.04. The van der Waals surface area contributed by atoms with Gasteiger partial charge in [0.25, 0.3) is 0 Å². The Bertz CT molecular complexity index is 207. The minimum atomic E-state index is -0.218. The molecule has 2 heterocycles. The molecule has 1 amide bonds. The van der Waals surface area contributed by atoms with Gasteiger partial charge >= 0.3 is 0 Å². The molecule has 74 valence electrons. The summed E-state index contributed by atoms with van der Waals surface area (Å²) in [7, 11) is 0. The number of nitrogens with zero attached hydrogens (tertiary/aromatic N) is 1. The van der Waals surface area contributed by atoms with Crippen molar-refractivity contribution in [2.24, 2.45) is 5.73 Å². The number of piperazine rings is 1. The number of carbonyl (C=O) groups is 1. The molecule has 2 fully saturated rings. The average Bonchev–Trinajstić information content (AvgIpc) is 2.17. The molecule has 4 nitrogen and oxygen atoms in total. The van der Waals surface area contributed by atoms with Crippen LogP contribution < -0.4 is 11.1 Å². The summed E-state index contributed by atoms with van der Waals surface area (Å²) in [5.74, 6) is -0.218. The van der Waals surface area contributed by atoms with Crippen molar-refractivity contribution < 1.29 is 4.79 Å². The first kappa shape index (κ1) is 8.97. The van der Waals surface area contributed by atoms with Gasteiger partial charge in [0.05, 0.1) is 6.04 Å². The number of fused-ring (bicyclic) bond motifs is 1. The van der Waals surface area contributed by atoms with Gasteiger partial charge in [0.1, 0.15) is 0 Å². The smallest absolute Gasteiger partial charge is 0.235 e. The van der Waals surface area contributed by atoms with Crippen LogP contribution in [0.3, 0.4) is 0 Å². The van der Waals surface area contributed by atoms with Gasteiger partial charge < -0.3 is 11.1 Å². The molecule has 2 unspecified atom stereocenters. The molecule has 2 saturated heterocycles. The summed E-state index contributed by atoms with van der Waals surface area (Å²) in [6.45, 7) is 2.86. The molecule has 0 aliphatic carbocycles. The van der Waals surface area contributed by atoms with Gasteiger partial charge in [-0.05, 0) is 19.4 Å². The van der Waals surface area contributed by atoms with Crippen molar-refractivity contribution in [1.29, 1.82) is 0 Å². The summed E-state index contributed by atoms with van der Waals surface area (Å²) in [5, 5.41) is 3.20. The number of hydrogen-bond acceptors (Lipinski definition) is 3. The first-order chi connectivity index (χ1) is 6.27. The van der Waals surface area contributed by atoms with Gasteiger partial charge in [-0.1, -0.05) is 6.42 Å². The van der Waals surface area contributed by atoms with E-state index in [0.29, 0.717) is 6.04 Å². The summed E-state index contributed by atoms with van der Waals surface area (Å²) in [6, 6.07) is 0.513. The lowest BCUT2D eigenvalue weighted by molar-refractivity contribution is -0.121. The van der Waals surface area contributed by atoms with Gasteiger partial charge in [-0.15, -0.1) is 0 Å². The van der Waals surface area contributed by atoms with E-state index in [-0.39, 0.29) is 11.9 Å². The number of amides is 1. The maximum Gasteiger partial charge on any atom is 0.235 e. The Balaban J connectivity index is 1.95. The van der Waals surface area contributed by atoms with Crippen molar-refractivity contribution >= 4 is 5.91 Å². The molecule has 0 aromatic heterocycles. The molecule has 2 aliphatic rings. The van der Waals surface area contributed by atoms with Crippen molar-refractivity contribution in [3.05, 3.63) is 0 Å². The lowest BCUT2D eigenvalue weighted by atomic mass is 9.98. The van der Waals surface area contributed by atoms with Crippen LogP contribution in [0, 0.1) is 0 Å². The SMILES string of the molecule is NC(=O)C1CN2CCCCC2CN1. The summed E-state index contributed by atoms with van der Waals surface area (Å²) >= 11 is 0. The fourth-order valence-electron chi connectivity index (χ4n) is 2.30. The van der Waals surface area contributed by atoms with Crippen LogP contribution in [0.25, 0.3) is 0 Å². The molecular weight excluding hydrogens is 166 g/mol. The zero-order chi connectivity index (χ0) is 9.26. The van der Waals surface area contributed by atoms with Gasteiger partial charge in [0.2, 0.25) is 5.91 Å². The Morgan fingerprint density at radius 1 is 1.46 bits per heavy atom. The second-order valence-corrected chi connectivity index (χ2v) is 4.01. The van der Waals surface area contributed by atoms with Crippen molar-refractivity contribution in [3.63, 3.8) is 0 Å². The average molecular weight is 183 g/mol. The predicted molar refractivity (Wildman–Crippen MR) is 50.2 cm³/mol. The maximum absolute atomic E-state index is 11.0. The van der Waals surface area contributed by atoms with Crippen LogP contribution in [-0.2, 0) is 4.79 Å². The molecule has 2 rings (SSSR count). The largest absolute Gasteiger partial charge is 0.368 e. The van der Waals surface area contributed by atoms with Crippen LogP contribution in [0.2, 0.25) is 0 Å². The zero-order valence-corrected chi connectivity index (χ0v) is 7.83. The monoisotopic (exact) mass is 183 g/mol. The molecule has 2 aliphatic heterocycles. The Morgan fingerprint density at radius 3 is 3.08 bits per heavy atom. The van der Waals surface area contributed by atoms with Crippen molar-refractivity contribution in [2.45, 2.75) is 31.3 Å². The van der Waals surface area contributed by atoms with E-state index in [1.165, 1.54) is 19.3 Å². The molecule has 2 atom stereocenters. The molecule has 0 radical (unpaired) electrons. The number of primary amides is 1. The number of nitrogens with one attached hydrogen (secondary N) is 1. The van der Waals surface area contributed by atoms with E-state index in [1.54, 1.807) is 0 Å². The number of carbonyl (C=O) groups excluding carboxylic acids is 1. The van der Waals surface area contributed by atoms with Gasteiger partial charge in [-0.3, -0.25) is 9.69 Å². The lowest BCUT2D eigenvalue weighted by Crippen LogP contribution is -2.61. The van der Waals surface area contributed by atoms with Crippen LogP contribution in [0.1, 0.15) is 19.3 Å². The van der Waals surface area contributed by atoms with E-state index in [2.05, 4.69) is 10.2 Å². The molecule has 0 aromatic rings. The van der Waals surface area contributed by atoms with Gasteiger partial charge in [0, 0.05) is 19.1 Å². The molecule has 0 aromatic carbocycles. The Hall–Kier alpha value is -0.610. The minimum absolute atomic E-state index is 0.130. The molecule has 3 N–H and O–H groups in total. The van der Waals surface area contributed by atoms with Crippen molar-refractivity contribution in [2.75, 3.05) is 19.6 Å². The Labute approximate surface area is 78.5 Å². The van der Waals surface area contributed by atoms with Gasteiger partial charge in [0.15, 0.2) is 0 Å². The first-order valence-corrected chi connectivity index (χ1v) is 5.04. The molecule has 0 saturated carbocycles. The highest BCUT2D eigenvalue weighted by molar-refractivity contribution is 5.80. The third-order valence-corrected chi connectivity index (χ3v) is 3.11. The van der Waals surface area contributed by atoms with Crippen LogP contribution in [0.5, 0.6) is 0 Å². The summed E-state index contributed by atoms with van der Waals surface area (Å²) in [6.07, 6.45) is 3.85. The highest BCUT2D eigenvalue weighted by atomic mass is 16.1. The molecule has 4 heteroatoms. The van der Waals surface area contributed by atoms with Crippen LogP contribution in [0.15, 0.2) is 0 Å². The van der Waals surface area contributed by atoms with Crippen LogP contribution in [0.4, 0.5) is 0 Å². The Morgan fingerprint density at radius 2 is 2.31 bits per heavy atom. The van der Waals surface area contributed by atoms with Crippen LogP contribution in [-0.4, -0.2) is 42.5 Å². The normalized spacial score (nSPS) is 35.4. The van der Waals surface area contributed by atoms with Crippen molar-refractivity contribution in [3.8, 4) is 0 Å². The second kappa shape index (κ2) is 3.64. The topological polar surface area (TPSA) is 58.4 Å². The number of hydrogen-bond donors (Lipinski definition) is 2. The van der Waals surface area contributed by atoms with E-state index < -0.39 is 0 Å². The molecule has 0 spiro atoms. The second-order valence-electron chi connectivity index (χ2n) is 4.01. The van der Waals surface area contributed by atoms with Gasteiger partial charge in [-0.25, -0.2) is 0 Å². The van der Waals surface area contributed by atoms with E-state index in [0.717, 1.165) is 19.6 Å². The number of nitrogens with two attached hydrogens (primary N) is 1. The number of rotatable bonds is 1. The van der Waals surface area contributed by atoms with Crippen molar-refractivity contribution in [1.82, 2.24) is 10.2 Å². The predicted octanol–water partition coefficient (Wildman–Crippen LogP) is -0.702. The zero-order valence-electron chi connectivity index (χ0n) is 7.83. The summed E-state index contributed by atoms with van der Waals surface area (Å²) in [4.78, 5) is 13.4. The van der Waals surface area contributed by atoms with Gasteiger partial charge in [-0.2, -0.15) is 0 Å². The summed E-state index contributed by atoms with van der Waals surface area (Å²) < 4.78 is 0. The quantitative estimate of drug-likeness (QED) is 0.565. The van der Waals surface area contributed by atoms with E-state index in [9.17, 15) is 4.79 Å². The van der Waals surface area contributed by atoms with E-state index in [1.807, 2.05) is 0 Å². The fourth-order valence-corrected chi connectivity index (χ4v) is 2.30. The third-order valence-electron chi connectivity index (χ3n) is 3.11. The number of piperidine rings is 1. The maximum atomic E-state index is 11.0. The summed E-state index contributed by atoms with van der Waals surface area (Å²) in [5.41, 5.74) is 5.26. The Kier molecular flexibility index (Phi) is 2.51. The van der Waals surface area contributed by atoms with Crippen LogP contribution >= 0.6 is 0 Å². The molecule has 13 heavy (non-hydrogen) atoms. The highest BCUT2D eigenvalue weighted by Gasteiger charge is 2.31.